The first-order valence-electron chi connectivity index (χ1n) is 14.8. The fourth-order valence-corrected chi connectivity index (χ4v) is 7.65. The number of benzene rings is 1. The van der Waals surface area contributed by atoms with Crippen LogP contribution in [0.15, 0.2) is 51.3 Å². The van der Waals surface area contributed by atoms with Crippen molar-refractivity contribution >= 4 is 17.5 Å². The van der Waals surface area contributed by atoms with Crippen molar-refractivity contribution in [2.24, 2.45) is 17.6 Å². The molecule has 6 rings (SSSR count). The van der Waals surface area contributed by atoms with Crippen LogP contribution >= 0.6 is 0 Å². The zero-order valence-corrected chi connectivity index (χ0v) is 24.2. The number of ketones is 2. The van der Waals surface area contributed by atoms with Crippen LogP contribution < -0.4 is 11.1 Å². The Bertz CT molecular complexity index is 1580. The van der Waals surface area contributed by atoms with Crippen LogP contribution in [0.3, 0.4) is 0 Å². The summed E-state index contributed by atoms with van der Waals surface area (Å²) < 4.78 is 6.18. The number of nitrogens with zero attached hydrogens (tertiary/aromatic N) is 1. The molecule has 1 unspecified atom stereocenters. The zero-order valence-electron chi connectivity index (χ0n) is 24.2. The highest BCUT2D eigenvalue weighted by Crippen LogP contribution is 2.53. The minimum Gasteiger partial charge on any atom is -0.510 e. The number of rotatable bonds is 6. The van der Waals surface area contributed by atoms with Gasteiger partial charge in [-0.1, -0.05) is 19.3 Å². The van der Waals surface area contributed by atoms with Crippen molar-refractivity contribution in [1.82, 2.24) is 10.2 Å². The lowest BCUT2D eigenvalue weighted by Gasteiger charge is -2.50. The highest BCUT2D eigenvalue weighted by atomic mass is 16.4. The van der Waals surface area contributed by atoms with Crippen molar-refractivity contribution in [3.63, 3.8) is 0 Å². The minimum absolute atomic E-state index is 0.0234. The van der Waals surface area contributed by atoms with E-state index in [1.165, 1.54) is 30.2 Å². The molecule has 7 N–H and O–H groups in total. The number of amides is 1. The van der Waals surface area contributed by atoms with Crippen LogP contribution in [-0.4, -0.2) is 74.6 Å². The number of furan rings is 1. The number of carbonyl (C=O) groups excluding carboxylic acids is 3. The van der Waals surface area contributed by atoms with E-state index >= 15 is 0 Å². The number of hydrogen-bond acceptors (Lipinski definition) is 10. The van der Waals surface area contributed by atoms with Crippen LogP contribution in [0, 0.1) is 11.8 Å². The number of nitrogens with two attached hydrogens (primary N) is 1. The molecule has 1 saturated carbocycles. The summed E-state index contributed by atoms with van der Waals surface area (Å²) >= 11 is 0. The molecular weight excluding hydrogens is 554 g/mol. The average molecular weight is 592 g/mol. The van der Waals surface area contributed by atoms with Crippen LogP contribution in [0.25, 0.3) is 11.3 Å². The van der Waals surface area contributed by atoms with E-state index in [2.05, 4.69) is 5.32 Å². The maximum absolute atomic E-state index is 14.0. The van der Waals surface area contributed by atoms with Gasteiger partial charge in [-0.15, -0.1) is 0 Å². The number of carbonyl (C=O) groups is 3. The van der Waals surface area contributed by atoms with E-state index in [1.54, 1.807) is 20.2 Å². The van der Waals surface area contributed by atoms with Gasteiger partial charge in [-0.05, 0) is 75.5 Å². The Kier molecular flexibility index (Phi) is 7.22. The highest BCUT2D eigenvalue weighted by molar-refractivity contribution is 6.24. The van der Waals surface area contributed by atoms with Crippen molar-refractivity contribution in [2.45, 2.75) is 69.2 Å². The molecule has 1 aromatic heterocycles. The molecular formula is C32H37N3O8. The first-order valence-corrected chi connectivity index (χ1v) is 14.8. The van der Waals surface area contributed by atoms with Crippen LogP contribution in [0.4, 0.5) is 0 Å². The third-order valence-electron chi connectivity index (χ3n) is 9.70. The van der Waals surface area contributed by atoms with Gasteiger partial charge in [0.25, 0.3) is 5.91 Å². The lowest BCUT2D eigenvalue weighted by molar-refractivity contribution is -0.148. The van der Waals surface area contributed by atoms with Gasteiger partial charge >= 0.3 is 0 Å². The first kappa shape index (κ1) is 29.2. The summed E-state index contributed by atoms with van der Waals surface area (Å²) in [6, 6.07) is 6.19. The number of phenolic OH excluding ortho intramolecular Hbond substituents is 1. The van der Waals surface area contributed by atoms with Crippen molar-refractivity contribution in [2.75, 3.05) is 14.1 Å². The molecule has 0 saturated heterocycles. The molecule has 4 aliphatic carbocycles. The van der Waals surface area contributed by atoms with Crippen molar-refractivity contribution < 1.29 is 39.2 Å². The van der Waals surface area contributed by atoms with Gasteiger partial charge in [0.1, 0.15) is 34.4 Å². The van der Waals surface area contributed by atoms with Gasteiger partial charge in [0, 0.05) is 23.1 Å². The number of aliphatic hydroxyl groups is 3. The third kappa shape index (κ3) is 4.49. The quantitative estimate of drug-likeness (QED) is 0.273. The maximum atomic E-state index is 14.0. The number of hydrogen-bond donors (Lipinski definition) is 6. The molecule has 2 aromatic rings. The topological polar surface area (TPSA) is 187 Å². The smallest absolute Gasteiger partial charge is 0.255 e. The van der Waals surface area contributed by atoms with Gasteiger partial charge in [-0.2, -0.15) is 0 Å². The number of aromatic hydroxyl groups is 1. The van der Waals surface area contributed by atoms with Gasteiger partial charge in [0.15, 0.2) is 11.4 Å². The Labute approximate surface area is 248 Å². The molecule has 4 atom stereocenters. The lowest BCUT2D eigenvalue weighted by atomic mass is 9.58. The maximum Gasteiger partial charge on any atom is 0.255 e. The number of primary amides is 1. The lowest BCUT2D eigenvalue weighted by Crippen LogP contribution is -2.63. The summed E-state index contributed by atoms with van der Waals surface area (Å²) in [5.74, 6) is -5.50. The minimum atomic E-state index is -2.67. The number of aliphatic hydroxyl groups excluding tert-OH is 2. The Morgan fingerprint density at radius 2 is 1.81 bits per heavy atom. The molecule has 43 heavy (non-hydrogen) atoms. The number of nitrogens with one attached hydrogen (secondary N) is 1. The van der Waals surface area contributed by atoms with Crippen molar-refractivity contribution in [3.8, 4) is 17.1 Å². The second-order valence-electron chi connectivity index (χ2n) is 12.4. The van der Waals surface area contributed by atoms with Gasteiger partial charge in [0.05, 0.1) is 18.2 Å². The number of phenols is 1. The molecule has 0 bridgehead atoms. The molecule has 0 spiro atoms. The molecule has 0 aliphatic heterocycles. The summed E-state index contributed by atoms with van der Waals surface area (Å²) in [4.78, 5) is 41.1. The van der Waals surface area contributed by atoms with Crippen LogP contribution in [-0.2, 0) is 22.6 Å². The predicted octanol–water partition coefficient (Wildman–Crippen LogP) is 2.80. The van der Waals surface area contributed by atoms with Crippen LogP contribution in [0.5, 0.6) is 5.75 Å². The summed E-state index contributed by atoms with van der Waals surface area (Å²) in [7, 11) is 3.20. The second kappa shape index (κ2) is 10.7. The Morgan fingerprint density at radius 3 is 2.49 bits per heavy atom. The predicted molar refractivity (Wildman–Crippen MR) is 155 cm³/mol. The van der Waals surface area contributed by atoms with Gasteiger partial charge in [-0.3, -0.25) is 19.3 Å². The van der Waals surface area contributed by atoms with E-state index < -0.39 is 58.0 Å². The first-order chi connectivity index (χ1) is 20.4. The summed E-state index contributed by atoms with van der Waals surface area (Å²) in [6.07, 6.45) is 6.18. The number of Topliss-reactive ketones (excluding diaryl/α,β-unsaturated/α-hetero) is 2. The van der Waals surface area contributed by atoms with E-state index in [0.717, 1.165) is 18.6 Å². The summed E-state index contributed by atoms with van der Waals surface area (Å²) in [5, 5.41) is 48.5. The second-order valence-corrected chi connectivity index (χ2v) is 12.4. The van der Waals surface area contributed by atoms with E-state index in [1.807, 2.05) is 12.1 Å². The number of allylic oxidation sites excluding steroid dienone is 1. The highest BCUT2D eigenvalue weighted by Gasteiger charge is 2.63. The van der Waals surface area contributed by atoms with Crippen molar-refractivity contribution in [3.05, 3.63) is 63.8 Å². The standard InChI is InChI=1S/C32H37N3O8/c1-35(2)26-20-13-15-12-19-18(22-11-8-17(43-22)14-34-16-6-4-3-5-7-16)9-10-21(36)24(19)27(37)23(15)29(39)32(20,42)30(40)25(28(26)38)31(33)41/h8-11,15-16,20,26,34,36,38-39,42H,3-7,12-14H2,1-2H3,(H2,33,41)/t15-,20-,26?,32-/m0/s1. The van der Waals surface area contributed by atoms with E-state index in [-0.39, 0.29) is 29.7 Å². The van der Waals surface area contributed by atoms with E-state index in [0.29, 0.717) is 29.5 Å². The van der Waals surface area contributed by atoms with E-state index in [4.69, 9.17) is 10.2 Å². The molecule has 11 nitrogen and oxygen atoms in total. The molecule has 1 amide bonds. The third-order valence-corrected chi connectivity index (χ3v) is 9.70. The SMILES string of the molecule is CN(C)C1C(O)=C(C(N)=O)C(=O)[C@@]2(O)C(O)=C3C(=O)c4c(O)ccc(-c5ccc(CNC6CCCCC6)o5)c4C[C@H]3C[C@@H]12. The molecule has 4 aliphatic rings. The van der Waals surface area contributed by atoms with Gasteiger partial charge < -0.3 is 35.9 Å². The monoisotopic (exact) mass is 591 g/mol. The fraction of sp³-hybridized carbons (Fsp3) is 0.469. The molecule has 11 heteroatoms. The molecule has 1 aromatic carbocycles. The number of fused-ring (bicyclic) bond motifs is 3. The molecule has 1 heterocycles. The van der Waals surface area contributed by atoms with Crippen molar-refractivity contribution in [1.29, 1.82) is 0 Å². The molecule has 0 radical (unpaired) electrons. The zero-order chi connectivity index (χ0) is 30.8. The molecule has 228 valence electrons. The Morgan fingerprint density at radius 1 is 1.09 bits per heavy atom. The average Bonchev–Trinajstić information content (AvgIpc) is 3.43. The Balaban J connectivity index is 1.39. The van der Waals surface area contributed by atoms with Crippen LogP contribution in [0.2, 0.25) is 0 Å². The summed E-state index contributed by atoms with van der Waals surface area (Å²) in [6.45, 7) is 0.567. The number of likely N-dealkylation sites (N-methyl/N-ethyl adjacent to an activating group) is 1. The largest absolute Gasteiger partial charge is 0.510 e. The Hall–Kier alpha value is -3.93. The summed E-state index contributed by atoms with van der Waals surface area (Å²) in [5.41, 5.74) is 2.81. The van der Waals surface area contributed by atoms with Gasteiger partial charge in [0.2, 0.25) is 5.78 Å². The van der Waals surface area contributed by atoms with E-state index in [9.17, 15) is 34.8 Å². The van der Waals surface area contributed by atoms with Crippen LogP contribution in [0.1, 0.15) is 60.2 Å². The van der Waals surface area contributed by atoms with Gasteiger partial charge in [-0.25, -0.2) is 0 Å². The normalized spacial score (nSPS) is 27.8. The fourth-order valence-electron chi connectivity index (χ4n) is 7.65. The molecule has 1 fully saturated rings.